The van der Waals surface area contributed by atoms with E-state index in [2.05, 4.69) is 55.1 Å². The van der Waals surface area contributed by atoms with Crippen molar-refractivity contribution in [2.24, 2.45) is 0 Å². The number of hydrogen-bond donors (Lipinski definition) is 0. The summed E-state index contributed by atoms with van der Waals surface area (Å²) >= 11 is 0. The first-order chi connectivity index (χ1) is 14.3. The molecule has 2 aromatic heterocycles. The molecule has 5 rings (SSSR count). The standard InChI is InChI=1S/C23H22N6/c24-13-18-5-6-21(27-14-18)29-16-19-3-1-2-4-20(19)23(17-29)7-11-28(12-8-23)22-15-25-9-10-26-22/h1-6,9-10,14-15H,7-8,11-12,16-17H2. The Balaban J connectivity index is 1.45. The third-order valence-electron chi connectivity index (χ3n) is 6.24. The quantitative estimate of drug-likeness (QED) is 0.677. The molecule has 2 aliphatic heterocycles. The Morgan fingerprint density at radius 2 is 1.76 bits per heavy atom. The summed E-state index contributed by atoms with van der Waals surface area (Å²) in [5.41, 5.74) is 3.54. The molecule has 6 nitrogen and oxygen atoms in total. The van der Waals surface area contributed by atoms with Gasteiger partial charge < -0.3 is 9.80 Å². The van der Waals surface area contributed by atoms with Crippen molar-refractivity contribution in [2.75, 3.05) is 29.4 Å². The second kappa shape index (κ2) is 7.17. The van der Waals surface area contributed by atoms with Gasteiger partial charge in [0.2, 0.25) is 0 Å². The van der Waals surface area contributed by atoms with E-state index in [9.17, 15) is 0 Å². The second-order valence-electron chi connectivity index (χ2n) is 7.86. The molecule has 4 heterocycles. The maximum absolute atomic E-state index is 9.07. The Kier molecular flexibility index (Phi) is 4.36. The normalized spacial score (nSPS) is 17.6. The summed E-state index contributed by atoms with van der Waals surface area (Å²) in [4.78, 5) is 18.0. The Morgan fingerprint density at radius 1 is 0.897 bits per heavy atom. The molecule has 1 saturated heterocycles. The molecule has 0 radical (unpaired) electrons. The molecule has 29 heavy (non-hydrogen) atoms. The molecule has 0 aliphatic carbocycles. The maximum atomic E-state index is 9.07. The van der Waals surface area contributed by atoms with Crippen molar-refractivity contribution in [1.82, 2.24) is 15.0 Å². The van der Waals surface area contributed by atoms with E-state index in [4.69, 9.17) is 5.26 Å². The topological polar surface area (TPSA) is 68.9 Å². The molecule has 0 unspecified atom stereocenters. The summed E-state index contributed by atoms with van der Waals surface area (Å²) in [6.45, 7) is 3.71. The summed E-state index contributed by atoms with van der Waals surface area (Å²) in [7, 11) is 0. The van der Waals surface area contributed by atoms with Crippen molar-refractivity contribution in [3.05, 3.63) is 77.9 Å². The molecule has 2 aliphatic rings. The molecule has 1 aromatic carbocycles. The maximum Gasteiger partial charge on any atom is 0.147 e. The molecule has 0 amide bonds. The van der Waals surface area contributed by atoms with Crippen LogP contribution in [0.5, 0.6) is 0 Å². The average Bonchev–Trinajstić information content (AvgIpc) is 2.80. The zero-order valence-electron chi connectivity index (χ0n) is 16.2. The van der Waals surface area contributed by atoms with Crippen molar-refractivity contribution in [2.45, 2.75) is 24.8 Å². The van der Waals surface area contributed by atoms with E-state index < -0.39 is 0 Å². The fraction of sp³-hybridized carbons (Fsp3) is 0.304. The van der Waals surface area contributed by atoms with Gasteiger partial charge in [0.15, 0.2) is 0 Å². The van der Waals surface area contributed by atoms with Crippen LogP contribution in [0, 0.1) is 11.3 Å². The minimum absolute atomic E-state index is 0.100. The lowest BCUT2D eigenvalue weighted by atomic mass is 9.69. The van der Waals surface area contributed by atoms with Gasteiger partial charge >= 0.3 is 0 Å². The number of benzene rings is 1. The second-order valence-corrected chi connectivity index (χ2v) is 7.86. The average molecular weight is 382 g/mol. The van der Waals surface area contributed by atoms with Crippen LogP contribution in [0.1, 0.15) is 29.5 Å². The SMILES string of the molecule is N#Cc1ccc(N2Cc3ccccc3C3(CCN(c4cnccn4)CC3)C2)nc1. The minimum atomic E-state index is 0.100. The van der Waals surface area contributed by atoms with Crippen LogP contribution < -0.4 is 9.80 Å². The molecule has 6 heteroatoms. The number of anilines is 2. The summed E-state index contributed by atoms with van der Waals surface area (Å²) in [6, 6.07) is 14.8. The molecule has 1 fully saturated rings. The van der Waals surface area contributed by atoms with E-state index in [0.29, 0.717) is 5.56 Å². The highest BCUT2D eigenvalue weighted by atomic mass is 15.2. The van der Waals surface area contributed by atoms with Gasteiger partial charge in [-0.05, 0) is 36.1 Å². The molecule has 144 valence electrons. The van der Waals surface area contributed by atoms with Crippen molar-refractivity contribution >= 4 is 11.6 Å². The largest absolute Gasteiger partial charge is 0.355 e. The van der Waals surface area contributed by atoms with Gasteiger partial charge in [0.1, 0.15) is 17.7 Å². The smallest absolute Gasteiger partial charge is 0.147 e. The first-order valence-corrected chi connectivity index (χ1v) is 9.98. The van der Waals surface area contributed by atoms with E-state index in [1.807, 2.05) is 18.3 Å². The molecular formula is C23H22N6. The molecule has 3 aromatic rings. The van der Waals surface area contributed by atoms with Gasteiger partial charge in [-0.15, -0.1) is 0 Å². The lowest BCUT2D eigenvalue weighted by Gasteiger charge is -2.49. The van der Waals surface area contributed by atoms with Gasteiger partial charge in [0.25, 0.3) is 0 Å². The lowest BCUT2D eigenvalue weighted by molar-refractivity contribution is 0.314. The molecule has 0 atom stereocenters. The van der Waals surface area contributed by atoms with E-state index in [-0.39, 0.29) is 5.41 Å². The molecule has 0 N–H and O–H groups in total. The summed E-state index contributed by atoms with van der Waals surface area (Å²) in [6.07, 6.45) is 9.11. The van der Waals surface area contributed by atoms with E-state index in [0.717, 1.165) is 50.7 Å². The zero-order valence-corrected chi connectivity index (χ0v) is 16.2. The highest BCUT2D eigenvalue weighted by Crippen LogP contribution is 2.43. The number of nitriles is 1. The van der Waals surface area contributed by atoms with Gasteiger partial charge in [0, 0.05) is 50.2 Å². The van der Waals surface area contributed by atoms with Gasteiger partial charge in [-0.25, -0.2) is 9.97 Å². The van der Waals surface area contributed by atoms with Gasteiger partial charge in [-0.3, -0.25) is 4.98 Å². The Hall–Kier alpha value is -3.46. The monoisotopic (exact) mass is 382 g/mol. The van der Waals surface area contributed by atoms with Crippen LogP contribution in [0.4, 0.5) is 11.6 Å². The first kappa shape index (κ1) is 17.6. The third-order valence-corrected chi connectivity index (χ3v) is 6.24. The molecule has 1 spiro atoms. The number of fused-ring (bicyclic) bond motifs is 2. The summed E-state index contributed by atoms with van der Waals surface area (Å²) in [5.74, 6) is 1.89. The lowest BCUT2D eigenvalue weighted by Crippen LogP contribution is -2.52. The van der Waals surface area contributed by atoms with Crippen LogP contribution in [0.3, 0.4) is 0 Å². The van der Waals surface area contributed by atoms with Crippen molar-refractivity contribution < 1.29 is 0 Å². The first-order valence-electron chi connectivity index (χ1n) is 9.98. The number of hydrogen-bond acceptors (Lipinski definition) is 6. The molecular weight excluding hydrogens is 360 g/mol. The van der Waals surface area contributed by atoms with Crippen LogP contribution in [0.15, 0.2) is 61.2 Å². The zero-order chi connectivity index (χ0) is 19.7. The Morgan fingerprint density at radius 3 is 2.48 bits per heavy atom. The van der Waals surface area contributed by atoms with Crippen molar-refractivity contribution in [3.63, 3.8) is 0 Å². The third kappa shape index (κ3) is 3.19. The molecule has 0 bridgehead atoms. The van der Waals surface area contributed by atoms with Gasteiger partial charge in [-0.2, -0.15) is 5.26 Å². The number of nitrogens with zero attached hydrogens (tertiary/aromatic N) is 6. The van der Waals surface area contributed by atoms with Gasteiger partial charge in [0.05, 0.1) is 11.8 Å². The summed E-state index contributed by atoms with van der Waals surface area (Å²) < 4.78 is 0. The minimum Gasteiger partial charge on any atom is -0.355 e. The van der Waals surface area contributed by atoms with E-state index >= 15 is 0 Å². The fourth-order valence-corrected chi connectivity index (χ4v) is 4.73. The number of rotatable bonds is 2. The van der Waals surface area contributed by atoms with Crippen molar-refractivity contribution in [3.8, 4) is 6.07 Å². The van der Waals surface area contributed by atoms with Crippen LogP contribution in [0.25, 0.3) is 0 Å². The highest BCUT2D eigenvalue weighted by molar-refractivity contribution is 5.50. The van der Waals surface area contributed by atoms with Gasteiger partial charge in [-0.1, -0.05) is 24.3 Å². The summed E-state index contributed by atoms with van der Waals surface area (Å²) in [5, 5.41) is 9.07. The Bertz CT molecular complexity index is 1030. The van der Waals surface area contributed by atoms with E-state index in [1.54, 1.807) is 18.6 Å². The number of pyridine rings is 1. The van der Waals surface area contributed by atoms with Crippen LogP contribution in [0.2, 0.25) is 0 Å². The predicted octanol–water partition coefficient (Wildman–Crippen LogP) is 3.30. The number of aromatic nitrogens is 3. The highest BCUT2D eigenvalue weighted by Gasteiger charge is 2.42. The predicted molar refractivity (Wildman–Crippen MR) is 112 cm³/mol. The number of piperidine rings is 1. The van der Waals surface area contributed by atoms with Crippen LogP contribution >= 0.6 is 0 Å². The fourth-order valence-electron chi connectivity index (χ4n) is 4.73. The van der Waals surface area contributed by atoms with Crippen LogP contribution in [-0.4, -0.2) is 34.6 Å². The van der Waals surface area contributed by atoms with Crippen LogP contribution in [-0.2, 0) is 12.0 Å². The molecule has 0 saturated carbocycles. The van der Waals surface area contributed by atoms with E-state index in [1.165, 1.54) is 11.1 Å². The van der Waals surface area contributed by atoms with Crippen molar-refractivity contribution in [1.29, 1.82) is 5.26 Å². The Labute approximate surface area is 170 Å².